The number of nitrogens with one attached hydrogen (secondary N) is 1. The number of methoxy groups -OCH3 is 1. The second kappa shape index (κ2) is 9.80. The highest BCUT2D eigenvalue weighted by molar-refractivity contribution is 7.99. The molecular formula is C23H28N4O2S. The first-order valence-corrected chi connectivity index (χ1v) is 10.9. The van der Waals surface area contributed by atoms with Crippen molar-refractivity contribution < 1.29 is 9.53 Å². The van der Waals surface area contributed by atoms with E-state index >= 15 is 0 Å². The molecule has 1 atom stereocenters. The Hall–Kier alpha value is -2.80. The van der Waals surface area contributed by atoms with Gasteiger partial charge < -0.3 is 10.1 Å². The molecule has 0 aliphatic carbocycles. The smallest absolute Gasteiger partial charge is 0.230 e. The molecule has 0 aliphatic rings. The molecule has 7 heteroatoms. The number of amides is 1. The van der Waals surface area contributed by atoms with Crippen LogP contribution < -0.4 is 10.1 Å². The van der Waals surface area contributed by atoms with Crippen LogP contribution in [0.2, 0.25) is 0 Å². The Bertz CT molecular complexity index is 949. The highest BCUT2D eigenvalue weighted by atomic mass is 32.2. The molecule has 3 rings (SSSR count). The van der Waals surface area contributed by atoms with Crippen LogP contribution in [-0.2, 0) is 4.79 Å². The summed E-state index contributed by atoms with van der Waals surface area (Å²) in [7, 11) is 1.63. The van der Waals surface area contributed by atoms with Crippen LogP contribution in [0.15, 0.2) is 66.1 Å². The molecule has 1 heterocycles. The van der Waals surface area contributed by atoms with E-state index in [2.05, 4.69) is 48.4 Å². The average Bonchev–Trinajstić information content (AvgIpc) is 3.20. The molecule has 30 heavy (non-hydrogen) atoms. The van der Waals surface area contributed by atoms with Gasteiger partial charge in [0.05, 0.1) is 18.9 Å². The van der Waals surface area contributed by atoms with Crippen LogP contribution in [0.1, 0.15) is 38.8 Å². The Morgan fingerprint density at radius 2 is 1.83 bits per heavy atom. The molecule has 0 spiro atoms. The minimum Gasteiger partial charge on any atom is -0.497 e. The van der Waals surface area contributed by atoms with E-state index in [9.17, 15) is 4.79 Å². The normalized spacial score (nSPS) is 12.4. The van der Waals surface area contributed by atoms with Gasteiger partial charge in [-0.3, -0.25) is 9.36 Å². The van der Waals surface area contributed by atoms with Crippen LogP contribution in [0.4, 0.5) is 0 Å². The van der Waals surface area contributed by atoms with Crippen molar-refractivity contribution in [2.75, 3.05) is 12.9 Å². The number of hydrogen-bond donors (Lipinski definition) is 1. The molecule has 0 radical (unpaired) electrons. The number of hydrogen-bond acceptors (Lipinski definition) is 5. The Labute approximate surface area is 182 Å². The third-order valence-electron chi connectivity index (χ3n) is 4.55. The minimum atomic E-state index is -0.0289. The van der Waals surface area contributed by atoms with Crippen LogP contribution >= 0.6 is 11.8 Å². The Balaban J connectivity index is 1.65. The summed E-state index contributed by atoms with van der Waals surface area (Å²) in [6.45, 7) is 6.55. The van der Waals surface area contributed by atoms with Gasteiger partial charge in [-0.25, -0.2) is 0 Å². The van der Waals surface area contributed by atoms with Gasteiger partial charge in [0.2, 0.25) is 5.91 Å². The maximum atomic E-state index is 12.7. The number of ether oxygens (including phenoxy) is 1. The van der Waals surface area contributed by atoms with E-state index in [1.807, 2.05) is 47.0 Å². The maximum Gasteiger partial charge on any atom is 0.230 e. The number of rotatable bonds is 8. The maximum absolute atomic E-state index is 12.7. The van der Waals surface area contributed by atoms with E-state index < -0.39 is 0 Å². The zero-order valence-corrected chi connectivity index (χ0v) is 18.6. The summed E-state index contributed by atoms with van der Waals surface area (Å²) in [5.41, 5.74) is 2.13. The molecule has 0 saturated heterocycles. The number of carbonyl (C=O) groups excluding carboxylic acids is 1. The Kier molecular flexibility index (Phi) is 7.15. The van der Waals surface area contributed by atoms with Crippen molar-refractivity contribution in [2.24, 2.45) is 5.41 Å². The lowest BCUT2D eigenvalue weighted by Gasteiger charge is -2.27. The van der Waals surface area contributed by atoms with Crippen LogP contribution in [0.5, 0.6) is 5.75 Å². The minimum absolute atomic E-state index is 0.0256. The molecule has 1 N–H and O–H groups in total. The van der Waals surface area contributed by atoms with Gasteiger partial charge in [-0.05, 0) is 41.7 Å². The molecule has 1 unspecified atom stereocenters. The van der Waals surface area contributed by atoms with Gasteiger partial charge in [-0.1, -0.05) is 62.9 Å². The molecular weight excluding hydrogens is 396 g/mol. The summed E-state index contributed by atoms with van der Waals surface area (Å²) in [4.78, 5) is 12.7. The lowest BCUT2D eigenvalue weighted by atomic mass is 9.85. The fraction of sp³-hybridized carbons (Fsp3) is 0.348. The van der Waals surface area contributed by atoms with Crippen molar-refractivity contribution in [3.8, 4) is 11.4 Å². The lowest BCUT2D eigenvalue weighted by Crippen LogP contribution is -2.32. The highest BCUT2D eigenvalue weighted by Gasteiger charge is 2.22. The number of aromatic nitrogens is 3. The number of nitrogens with zero attached hydrogens (tertiary/aromatic N) is 3. The van der Waals surface area contributed by atoms with E-state index in [-0.39, 0.29) is 23.1 Å². The summed E-state index contributed by atoms with van der Waals surface area (Å²) in [6.07, 6.45) is 2.50. The molecule has 1 aromatic heterocycles. The van der Waals surface area contributed by atoms with Crippen molar-refractivity contribution in [3.05, 3.63) is 66.5 Å². The van der Waals surface area contributed by atoms with Crippen LogP contribution in [0.25, 0.3) is 5.69 Å². The van der Waals surface area contributed by atoms with Gasteiger partial charge in [0.15, 0.2) is 5.16 Å². The van der Waals surface area contributed by atoms with E-state index in [4.69, 9.17) is 4.74 Å². The number of carbonyl (C=O) groups is 1. The van der Waals surface area contributed by atoms with Crippen molar-refractivity contribution in [1.29, 1.82) is 0 Å². The van der Waals surface area contributed by atoms with E-state index in [1.165, 1.54) is 11.8 Å². The molecule has 0 saturated carbocycles. The largest absolute Gasteiger partial charge is 0.497 e. The second-order valence-corrected chi connectivity index (χ2v) is 9.21. The molecule has 0 bridgehead atoms. The highest BCUT2D eigenvalue weighted by Crippen LogP contribution is 2.29. The summed E-state index contributed by atoms with van der Waals surface area (Å²) < 4.78 is 7.07. The third kappa shape index (κ3) is 6.10. The summed E-state index contributed by atoms with van der Waals surface area (Å²) >= 11 is 1.37. The van der Waals surface area contributed by atoms with Gasteiger partial charge in [-0.15, -0.1) is 10.2 Å². The van der Waals surface area contributed by atoms with Crippen molar-refractivity contribution >= 4 is 17.7 Å². The monoisotopic (exact) mass is 424 g/mol. The number of thioether (sulfide) groups is 1. The molecule has 158 valence electrons. The van der Waals surface area contributed by atoms with Gasteiger partial charge in [0.1, 0.15) is 12.1 Å². The zero-order chi connectivity index (χ0) is 21.6. The fourth-order valence-electron chi connectivity index (χ4n) is 3.16. The molecule has 1 amide bonds. The third-order valence-corrected chi connectivity index (χ3v) is 5.50. The Morgan fingerprint density at radius 1 is 1.13 bits per heavy atom. The van der Waals surface area contributed by atoms with Crippen molar-refractivity contribution in [2.45, 2.75) is 38.4 Å². The first-order valence-electron chi connectivity index (χ1n) is 9.87. The van der Waals surface area contributed by atoms with Gasteiger partial charge in [0, 0.05) is 5.69 Å². The predicted molar refractivity (Wildman–Crippen MR) is 120 cm³/mol. The zero-order valence-electron chi connectivity index (χ0n) is 17.8. The van der Waals surface area contributed by atoms with Gasteiger partial charge in [0.25, 0.3) is 0 Å². The second-order valence-electron chi connectivity index (χ2n) is 8.27. The number of benzene rings is 2. The summed E-state index contributed by atoms with van der Waals surface area (Å²) in [6, 6.07) is 17.7. The van der Waals surface area contributed by atoms with Crippen LogP contribution in [0.3, 0.4) is 0 Å². The van der Waals surface area contributed by atoms with E-state index in [0.29, 0.717) is 5.16 Å². The van der Waals surface area contributed by atoms with E-state index in [1.54, 1.807) is 13.4 Å². The molecule has 3 aromatic rings. The molecule has 2 aromatic carbocycles. The van der Waals surface area contributed by atoms with Crippen LogP contribution in [0, 0.1) is 5.41 Å². The molecule has 0 fully saturated rings. The standard InChI is InChI=1S/C23H28N4O2S/c1-23(2,3)14-20(17-8-6-5-7-9-17)25-21(28)15-30-22-26-24-16-27(22)18-10-12-19(29-4)13-11-18/h5-13,16,20H,14-15H2,1-4H3,(H,25,28). The molecule has 6 nitrogen and oxygen atoms in total. The SMILES string of the molecule is COc1ccc(-n2cnnc2SCC(=O)NC(CC(C)(C)C)c2ccccc2)cc1. The fourth-order valence-corrected chi connectivity index (χ4v) is 3.90. The first kappa shape index (κ1) is 21.9. The van der Waals surface area contributed by atoms with Crippen molar-refractivity contribution in [3.63, 3.8) is 0 Å². The Morgan fingerprint density at radius 3 is 2.47 bits per heavy atom. The quantitative estimate of drug-likeness (QED) is 0.533. The lowest BCUT2D eigenvalue weighted by molar-refractivity contribution is -0.119. The average molecular weight is 425 g/mol. The first-order chi connectivity index (χ1) is 14.4. The van der Waals surface area contributed by atoms with Gasteiger partial charge in [-0.2, -0.15) is 0 Å². The topological polar surface area (TPSA) is 69.0 Å². The van der Waals surface area contributed by atoms with Crippen LogP contribution in [-0.4, -0.2) is 33.5 Å². The summed E-state index contributed by atoms with van der Waals surface area (Å²) in [5, 5.41) is 12.0. The van der Waals surface area contributed by atoms with Gasteiger partial charge >= 0.3 is 0 Å². The van der Waals surface area contributed by atoms with Crippen molar-refractivity contribution in [1.82, 2.24) is 20.1 Å². The predicted octanol–water partition coefficient (Wildman–Crippen LogP) is 4.66. The molecule has 0 aliphatic heterocycles. The van der Waals surface area contributed by atoms with E-state index in [0.717, 1.165) is 23.4 Å². The summed E-state index contributed by atoms with van der Waals surface area (Å²) in [5.74, 6) is 1.02.